The van der Waals surface area contributed by atoms with Gasteiger partial charge in [0, 0.05) is 13.1 Å². The zero-order chi connectivity index (χ0) is 11.5. The predicted octanol–water partition coefficient (Wildman–Crippen LogP) is 0.369. The molecule has 0 saturated carbocycles. The van der Waals surface area contributed by atoms with Crippen molar-refractivity contribution in [1.29, 1.82) is 0 Å². The van der Waals surface area contributed by atoms with Crippen LogP contribution >= 0.6 is 0 Å². The first-order valence-corrected chi connectivity index (χ1v) is 5.56. The van der Waals surface area contributed by atoms with E-state index in [1.807, 2.05) is 19.1 Å². The second-order valence-corrected chi connectivity index (χ2v) is 4.23. The summed E-state index contributed by atoms with van der Waals surface area (Å²) in [4.78, 5) is 6.43. The van der Waals surface area contributed by atoms with Crippen LogP contribution in [0.5, 0.6) is 0 Å². The quantitative estimate of drug-likeness (QED) is 0.644. The molecule has 1 saturated heterocycles. The Hall–Kier alpha value is -1.33. The van der Waals surface area contributed by atoms with Crippen molar-refractivity contribution >= 4 is 11.5 Å². The Morgan fingerprint density at radius 2 is 2.44 bits per heavy atom. The van der Waals surface area contributed by atoms with E-state index in [9.17, 15) is 5.11 Å². The summed E-state index contributed by atoms with van der Waals surface area (Å²) < 4.78 is 0. The second kappa shape index (κ2) is 4.67. The van der Waals surface area contributed by atoms with E-state index in [-0.39, 0.29) is 12.3 Å². The first-order valence-electron chi connectivity index (χ1n) is 5.56. The number of anilines is 2. The molecule has 0 aliphatic carbocycles. The number of nitrogens with one attached hydrogen (secondary N) is 1. The summed E-state index contributed by atoms with van der Waals surface area (Å²) >= 11 is 0. The van der Waals surface area contributed by atoms with Crippen molar-refractivity contribution in [3.05, 3.63) is 18.3 Å². The number of nitrogens with zero attached hydrogens (tertiary/aromatic N) is 2. The smallest absolute Gasteiger partial charge is 0.128 e. The van der Waals surface area contributed by atoms with Crippen LogP contribution in [0.1, 0.15) is 13.3 Å². The zero-order valence-corrected chi connectivity index (χ0v) is 9.43. The van der Waals surface area contributed by atoms with Crippen LogP contribution in [0.15, 0.2) is 18.3 Å². The van der Waals surface area contributed by atoms with Crippen LogP contribution in [0.3, 0.4) is 0 Å². The van der Waals surface area contributed by atoms with Crippen molar-refractivity contribution < 1.29 is 5.11 Å². The third kappa shape index (κ3) is 2.62. The van der Waals surface area contributed by atoms with E-state index in [1.54, 1.807) is 6.20 Å². The molecule has 5 nitrogen and oxygen atoms in total. The van der Waals surface area contributed by atoms with Gasteiger partial charge in [-0.15, -0.1) is 0 Å². The molecule has 2 unspecified atom stereocenters. The van der Waals surface area contributed by atoms with Gasteiger partial charge in [-0.05, 0) is 25.5 Å². The van der Waals surface area contributed by atoms with Gasteiger partial charge in [-0.1, -0.05) is 0 Å². The Labute approximate surface area is 95.3 Å². The maximum atomic E-state index is 9.44. The van der Waals surface area contributed by atoms with E-state index in [0.717, 1.165) is 24.5 Å². The second-order valence-electron chi connectivity index (χ2n) is 4.23. The molecule has 1 aromatic heterocycles. The number of hydrogen-bond donors (Lipinski definition) is 3. The standard InChI is InChI=1S/C11H18N4O/c1-8(12)14-9-2-3-11(13-6-9)15-5-4-10(16)7-15/h2-3,6,8,10,14,16H,4-5,7,12H2,1H3. The molecule has 1 aliphatic rings. The van der Waals surface area contributed by atoms with Crippen molar-refractivity contribution in [2.45, 2.75) is 25.6 Å². The maximum absolute atomic E-state index is 9.44. The predicted molar refractivity (Wildman–Crippen MR) is 64.3 cm³/mol. The lowest BCUT2D eigenvalue weighted by molar-refractivity contribution is 0.198. The fourth-order valence-electron chi connectivity index (χ4n) is 1.87. The van der Waals surface area contributed by atoms with Gasteiger partial charge in [0.2, 0.25) is 0 Å². The van der Waals surface area contributed by atoms with Gasteiger partial charge in [0.1, 0.15) is 5.82 Å². The fourth-order valence-corrected chi connectivity index (χ4v) is 1.87. The fraction of sp³-hybridized carbons (Fsp3) is 0.545. The van der Waals surface area contributed by atoms with Crippen LogP contribution in [-0.4, -0.2) is 35.4 Å². The van der Waals surface area contributed by atoms with Crippen molar-refractivity contribution in [2.24, 2.45) is 5.73 Å². The Morgan fingerprint density at radius 3 is 2.94 bits per heavy atom. The van der Waals surface area contributed by atoms with Gasteiger partial charge in [-0.25, -0.2) is 4.98 Å². The normalized spacial score (nSPS) is 22.2. The Balaban J connectivity index is 2.02. The third-order valence-electron chi connectivity index (χ3n) is 2.63. The van der Waals surface area contributed by atoms with Gasteiger partial charge in [-0.2, -0.15) is 0 Å². The van der Waals surface area contributed by atoms with Crippen LogP contribution in [0, 0.1) is 0 Å². The molecule has 16 heavy (non-hydrogen) atoms. The summed E-state index contributed by atoms with van der Waals surface area (Å²) in [7, 11) is 0. The van der Waals surface area contributed by atoms with Crippen molar-refractivity contribution in [2.75, 3.05) is 23.3 Å². The molecular weight excluding hydrogens is 204 g/mol. The number of nitrogens with two attached hydrogens (primary N) is 1. The van der Waals surface area contributed by atoms with E-state index < -0.39 is 0 Å². The van der Waals surface area contributed by atoms with Gasteiger partial charge in [-0.3, -0.25) is 0 Å². The van der Waals surface area contributed by atoms with Crippen molar-refractivity contribution in [3.63, 3.8) is 0 Å². The molecule has 1 aliphatic heterocycles. The minimum absolute atomic E-state index is 0.0822. The molecular formula is C11H18N4O. The molecule has 2 atom stereocenters. The number of aromatic nitrogens is 1. The van der Waals surface area contributed by atoms with Crippen LogP contribution in [0.2, 0.25) is 0 Å². The highest BCUT2D eigenvalue weighted by Gasteiger charge is 2.20. The SMILES string of the molecule is CC(N)Nc1ccc(N2CCC(O)C2)nc1. The maximum Gasteiger partial charge on any atom is 0.128 e. The summed E-state index contributed by atoms with van der Waals surface area (Å²) in [5.74, 6) is 0.909. The summed E-state index contributed by atoms with van der Waals surface area (Å²) in [6.07, 6.45) is 2.29. The molecule has 1 fully saturated rings. The lowest BCUT2D eigenvalue weighted by Crippen LogP contribution is -2.25. The van der Waals surface area contributed by atoms with E-state index in [1.165, 1.54) is 0 Å². The van der Waals surface area contributed by atoms with E-state index in [2.05, 4.69) is 15.2 Å². The highest BCUT2D eigenvalue weighted by molar-refractivity contribution is 5.49. The number of rotatable bonds is 3. The van der Waals surface area contributed by atoms with Crippen LogP contribution < -0.4 is 16.0 Å². The molecule has 0 amide bonds. The number of aliphatic hydroxyl groups excluding tert-OH is 1. The van der Waals surface area contributed by atoms with Gasteiger partial charge >= 0.3 is 0 Å². The molecule has 88 valence electrons. The Kier molecular flexibility index (Phi) is 3.26. The van der Waals surface area contributed by atoms with Gasteiger partial charge in [0.05, 0.1) is 24.2 Å². The molecule has 4 N–H and O–H groups in total. The van der Waals surface area contributed by atoms with E-state index in [0.29, 0.717) is 6.54 Å². The minimum atomic E-state index is -0.219. The molecule has 2 rings (SSSR count). The summed E-state index contributed by atoms with van der Waals surface area (Å²) in [5, 5.41) is 12.5. The number of β-amino-alcohol motifs (C(OH)–C–C–N with tert-alkyl or cyclic N) is 1. The summed E-state index contributed by atoms with van der Waals surface area (Å²) in [6.45, 7) is 3.42. The molecule has 0 spiro atoms. The number of pyridine rings is 1. The molecule has 0 aromatic carbocycles. The van der Waals surface area contributed by atoms with E-state index >= 15 is 0 Å². The Bertz CT molecular complexity index is 338. The number of aliphatic hydroxyl groups is 1. The topological polar surface area (TPSA) is 74.4 Å². The summed E-state index contributed by atoms with van der Waals surface area (Å²) in [5.41, 5.74) is 6.54. The molecule has 1 aromatic rings. The van der Waals surface area contributed by atoms with Crippen LogP contribution in [-0.2, 0) is 0 Å². The first-order chi connectivity index (χ1) is 7.65. The largest absolute Gasteiger partial charge is 0.391 e. The van der Waals surface area contributed by atoms with Crippen LogP contribution in [0.25, 0.3) is 0 Å². The van der Waals surface area contributed by atoms with Gasteiger partial charge in [0.25, 0.3) is 0 Å². The molecule has 0 bridgehead atoms. The Morgan fingerprint density at radius 1 is 1.62 bits per heavy atom. The first kappa shape index (κ1) is 11.2. The lowest BCUT2D eigenvalue weighted by atomic mass is 10.3. The zero-order valence-electron chi connectivity index (χ0n) is 9.43. The average molecular weight is 222 g/mol. The van der Waals surface area contributed by atoms with Crippen molar-refractivity contribution in [3.8, 4) is 0 Å². The minimum Gasteiger partial charge on any atom is -0.391 e. The molecule has 5 heteroatoms. The van der Waals surface area contributed by atoms with Crippen LogP contribution in [0.4, 0.5) is 11.5 Å². The van der Waals surface area contributed by atoms with Crippen molar-refractivity contribution in [1.82, 2.24) is 4.98 Å². The molecule has 2 heterocycles. The highest BCUT2D eigenvalue weighted by atomic mass is 16.3. The average Bonchev–Trinajstić information content (AvgIpc) is 2.65. The third-order valence-corrected chi connectivity index (χ3v) is 2.63. The highest BCUT2D eigenvalue weighted by Crippen LogP contribution is 2.19. The van der Waals surface area contributed by atoms with Gasteiger partial charge < -0.3 is 21.1 Å². The van der Waals surface area contributed by atoms with E-state index in [4.69, 9.17) is 5.73 Å². The monoisotopic (exact) mass is 222 g/mol. The molecule has 0 radical (unpaired) electrons. The summed E-state index contributed by atoms with van der Waals surface area (Å²) in [6, 6.07) is 3.90. The van der Waals surface area contributed by atoms with Gasteiger partial charge in [0.15, 0.2) is 0 Å². The lowest BCUT2D eigenvalue weighted by Gasteiger charge is -2.17. The number of hydrogen-bond acceptors (Lipinski definition) is 5.